The van der Waals surface area contributed by atoms with Crippen LogP contribution in [0.25, 0.3) is 0 Å². The quantitative estimate of drug-likeness (QED) is 0.402. The molecule has 3 aromatic rings. The summed E-state index contributed by atoms with van der Waals surface area (Å²) in [6.07, 6.45) is -2.98. The number of nitrogens with one attached hydrogen (secondary N) is 2. The fourth-order valence-electron chi connectivity index (χ4n) is 3.68. The number of benzene rings is 2. The van der Waals surface area contributed by atoms with E-state index < -0.39 is 47.3 Å². The van der Waals surface area contributed by atoms with Crippen LogP contribution in [0.5, 0.6) is 0 Å². The number of rotatable bonds is 8. The lowest BCUT2D eigenvalue weighted by Gasteiger charge is -2.26. The van der Waals surface area contributed by atoms with Crippen molar-refractivity contribution in [2.24, 2.45) is 0 Å². The summed E-state index contributed by atoms with van der Waals surface area (Å²) in [5, 5.41) is 5.43. The van der Waals surface area contributed by atoms with E-state index in [1.165, 1.54) is 37.4 Å². The highest BCUT2D eigenvalue weighted by Gasteiger charge is 2.32. The summed E-state index contributed by atoms with van der Waals surface area (Å²) in [6.45, 7) is 1.55. The Morgan fingerprint density at radius 3 is 2.37 bits per heavy atom. The molecule has 2 aromatic carbocycles. The number of hydrogen-bond donors (Lipinski definition) is 2. The Morgan fingerprint density at radius 1 is 1.03 bits per heavy atom. The summed E-state index contributed by atoms with van der Waals surface area (Å²) in [7, 11) is 1.35. The van der Waals surface area contributed by atoms with Crippen LogP contribution in [-0.4, -0.2) is 17.9 Å². The van der Waals surface area contributed by atoms with Crippen molar-refractivity contribution in [3.63, 3.8) is 0 Å². The van der Waals surface area contributed by atoms with Crippen LogP contribution in [-0.2, 0) is 17.4 Å². The number of hydrogen-bond acceptors (Lipinski definition) is 3. The molecule has 0 aliphatic heterocycles. The smallest absolute Gasteiger partial charge is 0.358 e. The maximum atomic E-state index is 14.6. The Labute approximate surface area is 198 Å². The largest absolute Gasteiger partial charge is 0.433 e. The summed E-state index contributed by atoms with van der Waals surface area (Å²) in [5.41, 5.74) is 0.154. The molecular formula is C25H23F6N3O. The summed E-state index contributed by atoms with van der Waals surface area (Å²) >= 11 is 0. The van der Waals surface area contributed by atoms with Gasteiger partial charge < -0.3 is 5.32 Å². The zero-order valence-corrected chi connectivity index (χ0v) is 18.9. The van der Waals surface area contributed by atoms with Crippen LogP contribution in [0.3, 0.4) is 0 Å². The van der Waals surface area contributed by atoms with Crippen molar-refractivity contribution in [3.05, 3.63) is 100 Å². The Kier molecular flexibility index (Phi) is 8.16. The van der Waals surface area contributed by atoms with Crippen molar-refractivity contribution in [1.29, 1.82) is 0 Å². The summed E-state index contributed by atoms with van der Waals surface area (Å²) in [4.78, 5) is 16.1. The first-order valence-electron chi connectivity index (χ1n) is 10.7. The van der Waals surface area contributed by atoms with E-state index in [4.69, 9.17) is 0 Å². The molecule has 2 atom stereocenters. The number of halogens is 6. The molecule has 0 aliphatic rings. The molecule has 10 heteroatoms. The van der Waals surface area contributed by atoms with Crippen molar-refractivity contribution in [1.82, 2.24) is 15.6 Å². The molecule has 1 amide bonds. The van der Waals surface area contributed by atoms with Gasteiger partial charge in [0.25, 0.3) is 0 Å². The minimum absolute atomic E-state index is 0.218. The molecule has 1 heterocycles. The van der Waals surface area contributed by atoms with Crippen LogP contribution in [0.1, 0.15) is 46.5 Å². The Balaban J connectivity index is 1.93. The molecule has 0 spiro atoms. The predicted molar refractivity (Wildman–Crippen MR) is 118 cm³/mol. The van der Waals surface area contributed by atoms with E-state index in [9.17, 15) is 31.1 Å². The third kappa shape index (κ3) is 6.39. The Morgan fingerprint density at radius 2 is 1.77 bits per heavy atom. The molecule has 4 nitrogen and oxygen atoms in total. The van der Waals surface area contributed by atoms with Gasteiger partial charge in [-0.05, 0) is 54.7 Å². The Bertz CT molecular complexity index is 1180. The number of nitrogens with zero attached hydrogens (tertiary/aromatic N) is 1. The van der Waals surface area contributed by atoms with Crippen molar-refractivity contribution in [2.45, 2.75) is 38.0 Å². The SMILES string of the molecule is CNC(=O)C(NC(CCc1ccc(C(F)(F)F)nc1)c1ccc(F)c(C)c1)c1cccc(F)c1F. The van der Waals surface area contributed by atoms with Gasteiger partial charge in [0.1, 0.15) is 17.6 Å². The second-order valence-corrected chi connectivity index (χ2v) is 8.01. The maximum Gasteiger partial charge on any atom is 0.433 e. The normalized spacial score (nSPS) is 13.4. The number of amides is 1. The minimum Gasteiger partial charge on any atom is -0.358 e. The standard InChI is InChI=1S/C25H23F6N3O/c1-14-12-16(8-9-18(14)26)20(10-6-15-7-11-21(33-13-15)25(29,30)31)34-23(24(35)32-2)17-4-3-5-19(27)22(17)28/h3-5,7-9,11-13,20,23,34H,6,10H2,1-2H3,(H,32,35). The molecule has 1 aromatic heterocycles. The van der Waals surface area contributed by atoms with Crippen molar-refractivity contribution < 1.29 is 31.1 Å². The third-order valence-corrected chi connectivity index (χ3v) is 5.59. The van der Waals surface area contributed by atoms with E-state index in [1.54, 1.807) is 13.0 Å². The fourth-order valence-corrected chi connectivity index (χ4v) is 3.68. The lowest BCUT2D eigenvalue weighted by atomic mass is 9.95. The van der Waals surface area contributed by atoms with Gasteiger partial charge in [-0.15, -0.1) is 0 Å². The zero-order chi connectivity index (χ0) is 25.8. The lowest BCUT2D eigenvalue weighted by Crippen LogP contribution is -2.38. The monoisotopic (exact) mass is 495 g/mol. The van der Waals surface area contributed by atoms with Gasteiger partial charge in [0.2, 0.25) is 5.91 Å². The number of aromatic nitrogens is 1. The first-order valence-corrected chi connectivity index (χ1v) is 10.7. The first kappa shape index (κ1) is 26.2. The number of aryl methyl sites for hydroxylation is 2. The van der Waals surface area contributed by atoms with Crippen LogP contribution in [0.15, 0.2) is 54.7 Å². The lowest BCUT2D eigenvalue weighted by molar-refractivity contribution is -0.141. The molecular weight excluding hydrogens is 472 g/mol. The van der Waals surface area contributed by atoms with Gasteiger partial charge in [0, 0.05) is 24.8 Å². The minimum atomic E-state index is -4.57. The molecule has 186 valence electrons. The zero-order valence-electron chi connectivity index (χ0n) is 18.9. The number of likely N-dealkylation sites (N-methyl/N-ethyl adjacent to an activating group) is 1. The molecule has 0 radical (unpaired) electrons. The summed E-state index contributed by atoms with van der Waals surface area (Å²) < 4.78 is 80.7. The van der Waals surface area contributed by atoms with Crippen LogP contribution < -0.4 is 10.6 Å². The van der Waals surface area contributed by atoms with E-state index >= 15 is 0 Å². The van der Waals surface area contributed by atoms with Gasteiger partial charge in [0.05, 0.1) is 0 Å². The van der Waals surface area contributed by atoms with Crippen LogP contribution in [0.4, 0.5) is 26.3 Å². The molecule has 2 N–H and O–H groups in total. The summed E-state index contributed by atoms with van der Waals surface area (Å²) in [5.74, 6) is -3.38. The Hall–Kier alpha value is -3.40. The van der Waals surface area contributed by atoms with Gasteiger partial charge in [-0.25, -0.2) is 13.2 Å². The van der Waals surface area contributed by atoms with Crippen molar-refractivity contribution in [3.8, 4) is 0 Å². The van der Waals surface area contributed by atoms with Crippen molar-refractivity contribution >= 4 is 5.91 Å². The first-order chi connectivity index (χ1) is 16.5. The number of alkyl halides is 3. The van der Waals surface area contributed by atoms with Crippen LogP contribution in [0.2, 0.25) is 0 Å². The van der Waals surface area contributed by atoms with Gasteiger partial charge in [0.15, 0.2) is 11.6 Å². The molecule has 0 saturated carbocycles. The van der Waals surface area contributed by atoms with Crippen LogP contribution >= 0.6 is 0 Å². The molecule has 0 fully saturated rings. The van der Waals surface area contributed by atoms with Gasteiger partial charge in [-0.3, -0.25) is 15.1 Å². The average molecular weight is 495 g/mol. The number of carbonyl (C=O) groups excluding carboxylic acids is 1. The molecule has 0 saturated heterocycles. The van der Waals surface area contributed by atoms with E-state index in [-0.39, 0.29) is 18.4 Å². The fraction of sp³-hybridized carbons (Fsp3) is 0.280. The topological polar surface area (TPSA) is 54.0 Å². The predicted octanol–water partition coefficient (Wildman–Crippen LogP) is 5.58. The van der Waals surface area contributed by atoms with E-state index in [0.717, 1.165) is 18.3 Å². The second kappa shape index (κ2) is 10.9. The second-order valence-electron chi connectivity index (χ2n) is 8.01. The van der Waals surface area contributed by atoms with E-state index in [1.807, 2.05) is 0 Å². The number of pyridine rings is 1. The van der Waals surface area contributed by atoms with Crippen LogP contribution in [0, 0.1) is 24.4 Å². The number of carbonyl (C=O) groups is 1. The molecule has 3 rings (SSSR count). The molecule has 35 heavy (non-hydrogen) atoms. The van der Waals surface area contributed by atoms with Crippen molar-refractivity contribution in [2.75, 3.05) is 7.05 Å². The average Bonchev–Trinajstić information content (AvgIpc) is 2.82. The highest BCUT2D eigenvalue weighted by Crippen LogP contribution is 2.29. The molecule has 0 aliphatic carbocycles. The van der Waals surface area contributed by atoms with Gasteiger partial charge in [-0.1, -0.05) is 30.3 Å². The third-order valence-electron chi connectivity index (χ3n) is 5.59. The molecule has 0 bridgehead atoms. The summed E-state index contributed by atoms with van der Waals surface area (Å²) in [6, 6.07) is 7.98. The van der Waals surface area contributed by atoms with E-state index in [0.29, 0.717) is 16.7 Å². The highest BCUT2D eigenvalue weighted by atomic mass is 19.4. The molecule has 2 unspecified atom stereocenters. The highest BCUT2D eigenvalue weighted by molar-refractivity contribution is 5.83. The van der Waals surface area contributed by atoms with E-state index in [2.05, 4.69) is 15.6 Å². The maximum absolute atomic E-state index is 14.6. The van der Waals surface area contributed by atoms with Gasteiger partial charge in [-0.2, -0.15) is 13.2 Å². The van der Waals surface area contributed by atoms with Gasteiger partial charge >= 0.3 is 6.18 Å².